The maximum atomic E-state index is 12.3. The molecule has 1 aliphatic rings. The molecule has 2 rings (SSSR count). The number of halogens is 4. The second-order valence-corrected chi connectivity index (χ2v) is 6.07. The molecule has 0 atom stereocenters. The van der Waals surface area contributed by atoms with Crippen LogP contribution in [0.2, 0.25) is 0 Å². The van der Waals surface area contributed by atoms with Gasteiger partial charge in [0.2, 0.25) is 0 Å². The zero-order valence-corrected chi connectivity index (χ0v) is 13.7. The van der Waals surface area contributed by atoms with Crippen LogP contribution in [0, 0.1) is 0 Å². The van der Waals surface area contributed by atoms with Crippen molar-refractivity contribution in [2.45, 2.75) is 29.3 Å². The molecule has 1 aromatic carbocycles. The SMILES string of the molecule is CNC1CCN(C(=O)c2ccc(SC(F)(F)F)cc2)CC1.Cl. The molecule has 0 aromatic heterocycles. The van der Waals surface area contributed by atoms with E-state index in [9.17, 15) is 18.0 Å². The lowest BCUT2D eigenvalue weighted by Crippen LogP contribution is -2.43. The first kappa shape index (κ1) is 19.1. The number of hydrogen-bond acceptors (Lipinski definition) is 3. The highest BCUT2D eigenvalue weighted by Crippen LogP contribution is 2.36. The van der Waals surface area contributed by atoms with Crippen LogP contribution >= 0.6 is 24.2 Å². The molecule has 1 fully saturated rings. The van der Waals surface area contributed by atoms with Crippen molar-refractivity contribution in [2.75, 3.05) is 20.1 Å². The fraction of sp³-hybridized carbons (Fsp3) is 0.500. The number of amides is 1. The van der Waals surface area contributed by atoms with Gasteiger partial charge in [0.15, 0.2) is 0 Å². The van der Waals surface area contributed by atoms with E-state index in [2.05, 4.69) is 5.32 Å². The number of thioether (sulfide) groups is 1. The first-order valence-corrected chi connectivity index (χ1v) is 7.53. The van der Waals surface area contributed by atoms with E-state index in [1.807, 2.05) is 7.05 Å². The van der Waals surface area contributed by atoms with Crippen molar-refractivity contribution in [3.8, 4) is 0 Å². The first-order chi connectivity index (χ1) is 9.89. The summed E-state index contributed by atoms with van der Waals surface area (Å²) in [4.78, 5) is 14.1. The number of benzene rings is 1. The third-order valence-corrected chi connectivity index (χ3v) is 4.26. The van der Waals surface area contributed by atoms with Crippen molar-refractivity contribution in [1.29, 1.82) is 0 Å². The Morgan fingerprint density at radius 3 is 2.23 bits per heavy atom. The van der Waals surface area contributed by atoms with Gasteiger partial charge in [-0.1, -0.05) is 0 Å². The predicted molar refractivity (Wildman–Crippen MR) is 83.6 cm³/mol. The maximum Gasteiger partial charge on any atom is 0.446 e. The van der Waals surface area contributed by atoms with Crippen LogP contribution in [0.5, 0.6) is 0 Å². The number of carbonyl (C=O) groups excluding carboxylic acids is 1. The molecule has 124 valence electrons. The van der Waals surface area contributed by atoms with E-state index in [0.29, 0.717) is 24.7 Å². The van der Waals surface area contributed by atoms with Crippen LogP contribution in [0.15, 0.2) is 29.2 Å². The Hall–Kier alpha value is -0.920. The summed E-state index contributed by atoms with van der Waals surface area (Å²) in [5.74, 6) is -0.117. The lowest BCUT2D eigenvalue weighted by Gasteiger charge is -2.31. The van der Waals surface area contributed by atoms with Crippen LogP contribution in [0.25, 0.3) is 0 Å². The smallest absolute Gasteiger partial charge is 0.339 e. The molecule has 22 heavy (non-hydrogen) atoms. The third-order valence-electron chi connectivity index (χ3n) is 3.53. The van der Waals surface area contributed by atoms with Gasteiger partial charge in [0.05, 0.1) is 0 Å². The van der Waals surface area contributed by atoms with Gasteiger partial charge in [-0.3, -0.25) is 4.79 Å². The Morgan fingerprint density at radius 2 is 1.77 bits per heavy atom. The highest BCUT2D eigenvalue weighted by molar-refractivity contribution is 8.00. The van der Waals surface area contributed by atoms with Gasteiger partial charge in [-0.05, 0) is 55.9 Å². The predicted octanol–water partition coefficient (Wildman–Crippen LogP) is 3.54. The van der Waals surface area contributed by atoms with Gasteiger partial charge in [0.25, 0.3) is 5.91 Å². The molecule has 1 heterocycles. The largest absolute Gasteiger partial charge is 0.446 e. The average Bonchev–Trinajstić information content (AvgIpc) is 2.46. The second kappa shape index (κ2) is 8.08. The number of rotatable bonds is 3. The van der Waals surface area contributed by atoms with Crippen LogP contribution < -0.4 is 5.32 Å². The van der Waals surface area contributed by atoms with Crippen LogP contribution in [-0.2, 0) is 0 Å². The Kier molecular flexibility index (Phi) is 7.02. The molecule has 0 bridgehead atoms. The molecule has 1 N–H and O–H groups in total. The number of nitrogens with one attached hydrogen (secondary N) is 1. The highest BCUT2D eigenvalue weighted by Gasteiger charge is 2.29. The monoisotopic (exact) mass is 354 g/mol. The molecule has 0 spiro atoms. The van der Waals surface area contributed by atoms with E-state index in [-0.39, 0.29) is 35.0 Å². The number of likely N-dealkylation sites (tertiary alicyclic amines) is 1. The van der Waals surface area contributed by atoms with E-state index in [0.717, 1.165) is 12.8 Å². The molecular weight excluding hydrogens is 337 g/mol. The minimum Gasteiger partial charge on any atom is -0.339 e. The van der Waals surface area contributed by atoms with E-state index >= 15 is 0 Å². The summed E-state index contributed by atoms with van der Waals surface area (Å²) in [6, 6.07) is 6.03. The van der Waals surface area contributed by atoms with Crippen molar-refractivity contribution in [1.82, 2.24) is 10.2 Å². The standard InChI is InChI=1S/C14H17F3N2OS.ClH/c1-18-11-6-8-19(9-7-11)13(20)10-2-4-12(5-3-10)21-14(15,16)17;/h2-5,11,18H,6-9H2,1H3;1H. The summed E-state index contributed by atoms with van der Waals surface area (Å²) in [7, 11) is 1.90. The van der Waals surface area contributed by atoms with Crippen molar-refractivity contribution >= 4 is 30.1 Å². The van der Waals surface area contributed by atoms with Gasteiger partial charge in [0.1, 0.15) is 0 Å². The lowest BCUT2D eigenvalue weighted by atomic mass is 10.0. The first-order valence-electron chi connectivity index (χ1n) is 6.71. The van der Waals surface area contributed by atoms with E-state index < -0.39 is 5.51 Å². The zero-order valence-electron chi connectivity index (χ0n) is 12.0. The molecule has 0 aliphatic carbocycles. The summed E-state index contributed by atoms with van der Waals surface area (Å²) >= 11 is -0.173. The summed E-state index contributed by atoms with van der Waals surface area (Å²) in [6.07, 6.45) is 1.79. The number of carbonyl (C=O) groups is 1. The molecule has 1 aliphatic heterocycles. The molecule has 8 heteroatoms. The van der Waals surface area contributed by atoms with Gasteiger partial charge in [-0.25, -0.2) is 0 Å². The average molecular weight is 355 g/mol. The van der Waals surface area contributed by atoms with Crippen molar-refractivity contribution in [3.63, 3.8) is 0 Å². The summed E-state index contributed by atoms with van der Waals surface area (Å²) in [6.45, 7) is 1.34. The topological polar surface area (TPSA) is 32.3 Å². The number of nitrogens with zero attached hydrogens (tertiary/aromatic N) is 1. The van der Waals surface area contributed by atoms with Gasteiger partial charge >= 0.3 is 5.51 Å². The molecule has 1 aromatic rings. The fourth-order valence-electron chi connectivity index (χ4n) is 2.35. The van der Waals surface area contributed by atoms with E-state index in [4.69, 9.17) is 0 Å². The lowest BCUT2D eigenvalue weighted by molar-refractivity contribution is -0.0328. The number of piperidine rings is 1. The van der Waals surface area contributed by atoms with Crippen LogP contribution in [0.4, 0.5) is 13.2 Å². The Morgan fingerprint density at radius 1 is 1.23 bits per heavy atom. The molecule has 1 amide bonds. The normalized spacial score (nSPS) is 16.3. The Bertz CT molecular complexity index is 488. The molecular formula is C14H18ClF3N2OS. The highest BCUT2D eigenvalue weighted by atomic mass is 35.5. The van der Waals surface area contributed by atoms with Crippen LogP contribution in [-0.4, -0.2) is 42.5 Å². The molecule has 0 unspecified atom stereocenters. The second-order valence-electron chi connectivity index (χ2n) is 4.93. The molecule has 3 nitrogen and oxygen atoms in total. The van der Waals surface area contributed by atoms with Crippen LogP contribution in [0.3, 0.4) is 0 Å². The summed E-state index contributed by atoms with van der Waals surface area (Å²) < 4.78 is 36.7. The van der Waals surface area contributed by atoms with Crippen molar-refractivity contribution in [2.24, 2.45) is 0 Å². The third kappa shape index (κ3) is 5.37. The van der Waals surface area contributed by atoms with Crippen LogP contribution in [0.1, 0.15) is 23.2 Å². The minimum atomic E-state index is -4.30. The summed E-state index contributed by atoms with van der Waals surface area (Å²) in [5, 5.41) is 3.19. The van der Waals surface area contributed by atoms with Crippen molar-refractivity contribution in [3.05, 3.63) is 29.8 Å². The quantitative estimate of drug-likeness (QED) is 0.843. The minimum absolute atomic E-state index is 0. The van der Waals surface area contributed by atoms with Gasteiger partial charge in [-0.15, -0.1) is 12.4 Å². The Balaban J connectivity index is 0.00000242. The van der Waals surface area contributed by atoms with Gasteiger partial charge < -0.3 is 10.2 Å². The maximum absolute atomic E-state index is 12.3. The molecule has 0 saturated carbocycles. The van der Waals surface area contributed by atoms with E-state index in [1.165, 1.54) is 24.3 Å². The Labute approximate surface area is 138 Å². The molecule has 0 radical (unpaired) electrons. The molecule has 1 saturated heterocycles. The summed E-state index contributed by atoms with van der Waals surface area (Å²) in [5.41, 5.74) is -3.87. The number of alkyl halides is 3. The van der Waals surface area contributed by atoms with Crippen molar-refractivity contribution < 1.29 is 18.0 Å². The number of hydrogen-bond donors (Lipinski definition) is 1. The fourth-order valence-corrected chi connectivity index (χ4v) is 2.89. The van der Waals surface area contributed by atoms with E-state index in [1.54, 1.807) is 4.90 Å². The van der Waals surface area contributed by atoms with Gasteiger partial charge in [-0.2, -0.15) is 13.2 Å². The zero-order chi connectivity index (χ0) is 15.5. The van der Waals surface area contributed by atoms with Gasteiger partial charge in [0, 0.05) is 29.6 Å².